The molecule has 0 bridgehead atoms. The van der Waals surface area contributed by atoms with E-state index >= 15 is 0 Å². The maximum atomic E-state index is 10.8. The number of rotatable bonds is 4. The lowest BCUT2D eigenvalue weighted by Gasteiger charge is -2.17. The van der Waals surface area contributed by atoms with Crippen LogP contribution in [0.4, 0.5) is 0 Å². The summed E-state index contributed by atoms with van der Waals surface area (Å²) in [4.78, 5) is 10.5. The highest BCUT2D eigenvalue weighted by molar-refractivity contribution is 9.09. The molecule has 0 fully saturated rings. The fraction of sp³-hybridized carbons (Fsp3) is 0.222. The zero-order chi connectivity index (χ0) is 11.4. The highest BCUT2D eigenvalue weighted by atomic mass is 79.9. The molecule has 0 saturated carbocycles. The molecule has 0 saturated heterocycles. The van der Waals surface area contributed by atoms with Gasteiger partial charge in [0.15, 0.2) is 0 Å². The minimum absolute atomic E-state index is 0.150. The van der Waals surface area contributed by atoms with Crippen LogP contribution in [0.3, 0.4) is 0 Å². The van der Waals surface area contributed by atoms with Crippen LogP contribution >= 0.6 is 32.1 Å². The van der Waals surface area contributed by atoms with Crippen LogP contribution in [0.15, 0.2) is 24.3 Å². The molecule has 1 aromatic carbocycles. The van der Waals surface area contributed by atoms with Crippen molar-refractivity contribution in [2.45, 2.75) is 10.9 Å². The molecule has 15 heavy (non-hydrogen) atoms. The van der Waals surface area contributed by atoms with Crippen molar-refractivity contribution >= 4 is 38.0 Å². The lowest BCUT2D eigenvalue weighted by atomic mass is 10.1. The summed E-state index contributed by atoms with van der Waals surface area (Å²) >= 11 is 6.20. The monoisotopic (exact) mass is 337 g/mol. The highest BCUT2D eigenvalue weighted by Gasteiger charge is 2.26. The number of halogens is 2. The third kappa shape index (κ3) is 3.19. The van der Waals surface area contributed by atoms with Crippen molar-refractivity contribution in [1.82, 2.24) is 4.34 Å². The fourth-order valence-electron chi connectivity index (χ4n) is 1.08. The first-order chi connectivity index (χ1) is 7.06. The molecule has 0 aromatic heterocycles. The molecule has 1 unspecified atom stereocenters. The second-order valence-corrected chi connectivity index (χ2v) is 4.36. The second kappa shape index (κ2) is 5.48. The molecule has 0 spiro atoms. The molecular formula is C9H9Br2NO3. The molecule has 0 radical (unpaired) electrons. The van der Waals surface area contributed by atoms with Gasteiger partial charge in [0.2, 0.25) is 0 Å². The Balaban J connectivity index is 2.87. The lowest BCUT2D eigenvalue weighted by molar-refractivity contribution is -0.138. The Hall–Kier alpha value is -0.590. The van der Waals surface area contributed by atoms with Crippen molar-refractivity contribution in [1.29, 1.82) is 0 Å². The smallest absolute Gasteiger partial charge is 0.323 e. The zero-order valence-corrected chi connectivity index (χ0v) is 10.7. The number of phenolic OH excluding ortho intramolecular Hbond substituents is 1. The summed E-state index contributed by atoms with van der Waals surface area (Å²) in [5.74, 6) is -0.820. The van der Waals surface area contributed by atoms with E-state index in [1.165, 1.54) is 12.1 Å². The molecule has 0 heterocycles. The topological polar surface area (TPSA) is 69.6 Å². The summed E-state index contributed by atoms with van der Waals surface area (Å²) < 4.78 is 2.52. The van der Waals surface area contributed by atoms with Crippen LogP contribution in [0.5, 0.6) is 5.75 Å². The number of nitrogens with one attached hydrogen (secondary N) is 1. The highest BCUT2D eigenvalue weighted by Crippen LogP contribution is 2.28. The Morgan fingerprint density at radius 2 is 1.87 bits per heavy atom. The SMILES string of the molecule is O=C(O)[C@@H](NBr)C(Br)c1ccc(O)cc1. The van der Waals surface area contributed by atoms with Gasteiger partial charge >= 0.3 is 5.97 Å². The Labute approximate surface area is 104 Å². The fourth-order valence-corrected chi connectivity index (χ4v) is 2.56. The standard InChI is InChI=1S/C9H9Br2NO3/c10-7(8(12-11)9(14)15)5-1-3-6(13)4-2-5/h1-4,7-8,12-13H,(H,14,15)/t7?,8-/m0/s1. The predicted octanol–water partition coefficient (Wildman–Crippen LogP) is 2.18. The van der Waals surface area contributed by atoms with Gasteiger partial charge in [-0.05, 0) is 17.7 Å². The Morgan fingerprint density at radius 1 is 1.33 bits per heavy atom. The third-order valence-corrected chi connectivity index (χ3v) is 3.44. The maximum absolute atomic E-state index is 10.8. The molecule has 3 N–H and O–H groups in total. The third-order valence-electron chi connectivity index (χ3n) is 1.89. The van der Waals surface area contributed by atoms with Gasteiger partial charge in [0.25, 0.3) is 0 Å². The molecule has 0 aliphatic heterocycles. The maximum Gasteiger partial charge on any atom is 0.323 e. The van der Waals surface area contributed by atoms with Crippen LogP contribution in [0.2, 0.25) is 0 Å². The van der Waals surface area contributed by atoms with Gasteiger partial charge < -0.3 is 10.2 Å². The molecule has 0 aliphatic rings. The number of benzene rings is 1. The van der Waals surface area contributed by atoms with E-state index in [4.69, 9.17) is 10.2 Å². The summed E-state index contributed by atoms with van der Waals surface area (Å²) in [5, 5.41) is 18.0. The number of alkyl halides is 1. The van der Waals surface area contributed by atoms with Gasteiger partial charge in [0.05, 0.1) is 4.83 Å². The summed E-state index contributed by atoms with van der Waals surface area (Å²) in [6.45, 7) is 0. The molecule has 1 aromatic rings. The minimum Gasteiger partial charge on any atom is -0.508 e. The molecule has 82 valence electrons. The molecule has 0 aliphatic carbocycles. The Morgan fingerprint density at radius 3 is 2.27 bits per heavy atom. The minimum atomic E-state index is -0.971. The second-order valence-electron chi connectivity index (χ2n) is 2.92. The van der Waals surface area contributed by atoms with Gasteiger partial charge in [-0.15, -0.1) is 0 Å². The average Bonchev–Trinajstić information content (AvgIpc) is 2.19. The van der Waals surface area contributed by atoms with Crippen molar-refractivity contribution < 1.29 is 15.0 Å². The van der Waals surface area contributed by atoms with Crippen molar-refractivity contribution in [3.05, 3.63) is 29.8 Å². The van der Waals surface area contributed by atoms with Crippen LogP contribution in [-0.2, 0) is 4.79 Å². The largest absolute Gasteiger partial charge is 0.508 e. The molecule has 2 atom stereocenters. The Bertz CT molecular complexity index is 342. The quantitative estimate of drug-likeness (QED) is 0.581. The van der Waals surface area contributed by atoms with E-state index in [0.29, 0.717) is 0 Å². The van der Waals surface area contributed by atoms with Crippen LogP contribution in [0.1, 0.15) is 10.4 Å². The molecular weight excluding hydrogens is 330 g/mol. The zero-order valence-electron chi connectivity index (χ0n) is 7.52. The number of carbonyl (C=O) groups is 1. The molecule has 4 nitrogen and oxygen atoms in total. The van der Waals surface area contributed by atoms with Crippen LogP contribution in [0, 0.1) is 0 Å². The summed E-state index contributed by atoms with van der Waals surface area (Å²) in [7, 11) is 0. The van der Waals surface area contributed by atoms with E-state index in [-0.39, 0.29) is 10.6 Å². The van der Waals surface area contributed by atoms with Crippen molar-refractivity contribution in [2.24, 2.45) is 0 Å². The van der Waals surface area contributed by atoms with E-state index in [0.717, 1.165) is 5.56 Å². The van der Waals surface area contributed by atoms with Crippen LogP contribution < -0.4 is 4.34 Å². The first-order valence-corrected chi connectivity index (χ1v) is 5.79. The average molecular weight is 339 g/mol. The first-order valence-electron chi connectivity index (χ1n) is 4.08. The Kier molecular flexibility index (Phi) is 4.56. The number of carboxylic acids is 1. The summed E-state index contributed by atoms with van der Waals surface area (Å²) in [6.07, 6.45) is 0. The van der Waals surface area contributed by atoms with Crippen molar-refractivity contribution in [3.8, 4) is 5.75 Å². The molecule has 0 amide bonds. The van der Waals surface area contributed by atoms with Gasteiger partial charge in [-0.2, -0.15) is 0 Å². The van der Waals surface area contributed by atoms with Gasteiger partial charge in [-0.25, -0.2) is 4.34 Å². The number of hydrogen-bond acceptors (Lipinski definition) is 3. The number of hydrogen-bond donors (Lipinski definition) is 3. The summed E-state index contributed by atoms with van der Waals surface area (Å²) in [6, 6.07) is 5.56. The number of aromatic hydroxyl groups is 1. The number of aliphatic carboxylic acids is 1. The molecule has 1 rings (SSSR count). The van der Waals surface area contributed by atoms with Crippen molar-refractivity contribution in [3.63, 3.8) is 0 Å². The van der Waals surface area contributed by atoms with Gasteiger partial charge in [-0.1, -0.05) is 28.1 Å². The summed E-state index contributed by atoms with van der Waals surface area (Å²) in [5.41, 5.74) is 0.771. The normalized spacial score (nSPS) is 14.5. The molecule has 6 heteroatoms. The van der Waals surface area contributed by atoms with E-state index < -0.39 is 12.0 Å². The van der Waals surface area contributed by atoms with Crippen LogP contribution in [-0.4, -0.2) is 22.2 Å². The van der Waals surface area contributed by atoms with E-state index in [2.05, 4.69) is 36.4 Å². The van der Waals surface area contributed by atoms with Crippen molar-refractivity contribution in [2.75, 3.05) is 0 Å². The lowest BCUT2D eigenvalue weighted by Crippen LogP contribution is -2.34. The van der Waals surface area contributed by atoms with E-state index in [1.54, 1.807) is 12.1 Å². The first kappa shape index (κ1) is 12.5. The number of carboxylic acid groups (broad SMARTS) is 1. The van der Waals surface area contributed by atoms with E-state index in [9.17, 15) is 4.79 Å². The number of phenols is 1. The van der Waals surface area contributed by atoms with Gasteiger partial charge in [0, 0.05) is 16.1 Å². The van der Waals surface area contributed by atoms with Gasteiger partial charge in [0.1, 0.15) is 11.8 Å². The van der Waals surface area contributed by atoms with Crippen LogP contribution in [0.25, 0.3) is 0 Å². The van der Waals surface area contributed by atoms with E-state index in [1.807, 2.05) is 0 Å². The van der Waals surface area contributed by atoms with Gasteiger partial charge in [-0.3, -0.25) is 4.79 Å². The predicted molar refractivity (Wildman–Crippen MR) is 63.3 cm³/mol.